The number of amides is 1. The molecule has 2 aromatic rings. The molecule has 9 nitrogen and oxygen atoms in total. The van der Waals surface area contributed by atoms with E-state index in [-0.39, 0.29) is 18.3 Å². The number of rotatable bonds is 6. The van der Waals surface area contributed by atoms with Crippen molar-refractivity contribution >= 4 is 28.6 Å². The van der Waals surface area contributed by atoms with Crippen molar-refractivity contribution in [2.45, 2.75) is 50.2 Å². The molecule has 1 saturated heterocycles. The molecule has 10 heteroatoms. The van der Waals surface area contributed by atoms with E-state index in [1.807, 2.05) is 38.1 Å². The number of aromatic nitrogens is 2. The smallest absolute Gasteiger partial charge is 0.410 e. The predicted molar refractivity (Wildman–Crippen MR) is 126 cm³/mol. The number of carbonyl (C=O) groups is 1. The first kappa shape index (κ1) is 23.4. The third kappa shape index (κ3) is 5.27. The van der Waals surface area contributed by atoms with Crippen molar-refractivity contribution in [3.8, 4) is 5.88 Å². The number of nitrogens with zero attached hydrogens (tertiary/aromatic N) is 5. The van der Waals surface area contributed by atoms with Crippen LogP contribution in [0.25, 0.3) is 0 Å². The van der Waals surface area contributed by atoms with Gasteiger partial charge in [-0.3, -0.25) is 0 Å². The number of hydrogen-bond acceptors (Lipinski definition) is 7. The monoisotopic (exact) mass is 473 g/mol. The van der Waals surface area contributed by atoms with E-state index in [1.165, 1.54) is 6.33 Å². The molecule has 178 valence electrons. The molecule has 0 N–H and O–H groups in total. The van der Waals surface area contributed by atoms with Crippen molar-refractivity contribution in [3.05, 3.63) is 36.2 Å². The zero-order chi connectivity index (χ0) is 23.5. The minimum Gasteiger partial charge on any atom is -0.474 e. The molecular formula is C23H31N5O4S. The zero-order valence-electron chi connectivity index (χ0n) is 19.6. The molecule has 1 unspecified atom stereocenters. The number of benzene rings is 1. The van der Waals surface area contributed by atoms with E-state index in [4.69, 9.17) is 9.47 Å². The molecule has 1 aromatic carbocycles. The van der Waals surface area contributed by atoms with Crippen molar-refractivity contribution in [3.63, 3.8) is 0 Å². The van der Waals surface area contributed by atoms with Crippen molar-refractivity contribution in [2.75, 3.05) is 38.6 Å². The average Bonchev–Trinajstić information content (AvgIpc) is 3.24. The molecule has 2 aliphatic heterocycles. The second-order valence-corrected chi connectivity index (χ2v) is 10.4. The lowest BCUT2D eigenvalue weighted by molar-refractivity contribution is 0.0505. The molecule has 1 amide bonds. The average molecular weight is 474 g/mol. The van der Waals surface area contributed by atoms with Crippen molar-refractivity contribution < 1.29 is 18.5 Å². The highest BCUT2D eigenvalue weighted by Gasteiger charge is 2.30. The van der Waals surface area contributed by atoms with Gasteiger partial charge in [-0.2, -0.15) is 0 Å². The lowest BCUT2D eigenvalue weighted by Crippen LogP contribution is -2.42. The third-order valence-corrected chi connectivity index (χ3v) is 7.06. The van der Waals surface area contributed by atoms with Crippen LogP contribution in [0.2, 0.25) is 0 Å². The van der Waals surface area contributed by atoms with Crippen molar-refractivity contribution in [2.24, 2.45) is 0 Å². The maximum atomic E-state index is 12.3. The van der Waals surface area contributed by atoms with Gasteiger partial charge in [-0.25, -0.2) is 23.3 Å². The largest absolute Gasteiger partial charge is 0.474 e. The summed E-state index contributed by atoms with van der Waals surface area (Å²) in [5, 5.41) is 0. The summed E-state index contributed by atoms with van der Waals surface area (Å²) in [6, 6.07) is 7.72. The zero-order valence-corrected chi connectivity index (χ0v) is 20.4. The van der Waals surface area contributed by atoms with Crippen LogP contribution in [0.15, 0.2) is 35.5 Å². The summed E-state index contributed by atoms with van der Waals surface area (Å²) in [6.07, 6.45) is 3.42. The topological polar surface area (TPSA) is 88.1 Å². The molecule has 4 rings (SSSR count). The van der Waals surface area contributed by atoms with Gasteiger partial charge in [0.15, 0.2) is 0 Å². The number of fused-ring (bicyclic) bond motifs is 1. The van der Waals surface area contributed by atoms with Crippen LogP contribution in [0.4, 0.5) is 16.3 Å². The Morgan fingerprint density at radius 1 is 1.12 bits per heavy atom. The Kier molecular flexibility index (Phi) is 7.14. The summed E-state index contributed by atoms with van der Waals surface area (Å²) in [4.78, 5) is 25.7. The van der Waals surface area contributed by atoms with Gasteiger partial charge < -0.3 is 19.3 Å². The Bertz CT molecular complexity index is 1010. The molecule has 1 atom stereocenters. The summed E-state index contributed by atoms with van der Waals surface area (Å²) < 4.78 is 25.5. The number of piperidine rings is 1. The number of carbonyl (C=O) groups excluding carboxylic acids is 1. The van der Waals surface area contributed by atoms with Crippen LogP contribution in [0.1, 0.15) is 32.3 Å². The predicted octanol–water partition coefficient (Wildman–Crippen LogP) is 3.14. The molecule has 3 heterocycles. The van der Waals surface area contributed by atoms with Gasteiger partial charge in [-0.05, 0) is 58.6 Å². The fourth-order valence-corrected chi connectivity index (χ4v) is 4.86. The van der Waals surface area contributed by atoms with Crippen LogP contribution in [-0.4, -0.2) is 75.4 Å². The number of likely N-dealkylation sites (tertiary alicyclic amines) is 1. The number of ether oxygens (including phenoxy) is 2. The van der Waals surface area contributed by atoms with Gasteiger partial charge in [-0.15, -0.1) is 0 Å². The molecule has 0 bridgehead atoms. The molecule has 0 aliphatic carbocycles. The van der Waals surface area contributed by atoms with E-state index >= 15 is 0 Å². The third-order valence-electron chi connectivity index (χ3n) is 5.72. The van der Waals surface area contributed by atoms with Gasteiger partial charge in [0, 0.05) is 38.2 Å². The Morgan fingerprint density at radius 2 is 1.82 bits per heavy atom. The standard InChI is InChI=1S/C23H31N5O4S/c1-16(2)31-23(29)27-12-9-18(10-13-27)32-22-20-11-14-28(21(20)24-15-25-22)17-5-7-19(8-6-17)33(30)26(3)4/h5-8,15-16,18H,9-14H2,1-4H3. The molecule has 0 spiro atoms. The maximum Gasteiger partial charge on any atom is 0.410 e. The van der Waals surface area contributed by atoms with Gasteiger partial charge in [0.1, 0.15) is 29.2 Å². The van der Waals surface area contributed by atoms with E-state index < -0.39 is 11.0 Å². The first-order valence-electron chi connectivity index (χ1n) is 11.3. The second-order valence-electron chi connectivity index (χ2n) is 8.67. The highest BCUT2D eigenvalue weighted by atomic mass is 32.2. The SMILES string of the molecule is CC(C)OC(=O)N1CCC(Oc2ncnc3c2CCN3c2ccc(S(=O)N(C)C)cc2)CC1. The highest BCUT2D eigenvalue weighted by molar-refractivity contribution is 7.82. The van der Waals surface area contributed by atoms with Gasteiger partial charge in [0.25, 0.3) is 0 Å². The summed E-state index contributed by atoms with van der Waals surface area (Å²) >= 11 is 0. The van der Waals surface area contributed by atoms with Crippen molar-refractivity contribution in [1.29, 1.82) is 0 Å². The van der Waals surface area contributed by atoms with Crippen LogP contribution in [0, 0.1) is 0 Å². The number of anilines is 2. The van der Waals surface area contributed by atoms with Gasteiger partial charge >= 0.3 is 6.09 Å². The molecule has 0 saturated carbocycles. The van der Waals surface area contributed by atoms with E-state index in [0.717, 1.165) is 47.8 Å². The van der Waals surface area contributed by atoms with Crippen LogP contribution in [0.3, 0.4) is 0 Å². The maximum absolute atomic E-state index is 12.3. The Balaban J connectivity index is 1.42. The molecule has 1 aromatic heterocycles. The first-order valence-corrected chi connectivity index (χ1v) is 12.4. The van der Waals surface area contributed by atoms with Crippen LogP contribution in [0.5, 0.6) is 5.88 Å². The summed E-state index contributed by atoms with van der Waals surface area (Å²) in [5.41, 5.74) is 2.00. The summed E-state index contributed by atoms with van der Waals surface area (Å²) in [7, 11) is 2.41. The normalized spacial score (nSPS) is 17.4. The van der Waals surface area contributed by atoms with E-state index in [2.05, 4.69) is 14.9 Å². The summed E-state index contributed by atoms with van der Waals surface area (Å²) in [5.74, 6) is 1.47. The number of hydrogen-bond donors (Lipinski definition) is 0. The van der Waals surface area contributed by atoms with E-state index in [1.54, 1.807) is 23.3 Å². The van der Waals surface area contributed by atoms with Crippen LogP contribution < -0.4 is 9.64 Å². The molecule has 0 radical (unpaired) electrons. The summed E-state index contributed by atoms with van der Waals surface area (Å²) in [6.45, 7) is 5.70. The van der Waals surface area contributed by atoms with Crippen LogP contribution in [-0.2, 0) is 22.1 Å². The fraction of sp³-hybridized carbons (Fsp3) is 0.522. The second kappa shape index (κ2) is 10.0. The molecule has 33 heavy (non-hydrogen) atoms. The first-order chi connectivity index (χ1) is 15.8. The quantitative estimate of drug-likeness (QED) is 0.637. The van der Waals surface area contributed by atoms with E-state index in [9.17, 15) is 9.00 Å². The molecule has 2 aliphatic rings. The van der Waals surface area contributed by atoms with E-state index in [0.29, 0.717) is 19.0 Å². The van der Waals surface area contributed by atoms with Gasteiger partial charge in [0.05, 0.1) is 16.6 Å². The minimum atomic E-state index is -1.17. The Hall–Kier alpha value is -2.72. The molecule has 1 fully saturated rings. The Labute approximate surface area is 197 Å². The minimum absolute atomic E-state index is 0.00134. The van der Waals surface area contributed by atoms with Crippen LogP contribution >= 0.6 is 0 Å². The highest BCUT2D eigenvalue weighted by Crippen LogP contribution is 2.37. The molecular weight excluding hydrogens is 442 g/mol. The lowest BCUT2D eigenvalue weighted by atomic mass is 10.1. The van der Waals surface area contributed by atoms with Crippen molar-refractivity contribution in [1.82, 2.24) is 19.2 Å². The fourth-order valence-electron chi connectivity index (χ4n) is 4.06. The Morgan fingerprint density at radius 3 is 2.45 bits per heavy atom. The van der Waals surface area contributed by atoms with Gasteiger partial charge in [0.2, 0.25) is 5.88 Å². The lowest BCUT2D eigenvalue weighted by Gasteiger charge is -2.32. The van der Waals surface area contributed by atoms with Gasteiger partial charge in [-0.1, -0.05) is 0 Å².